The first kappa shape index (κ1) is 17.2. The van der Waals surface area contributed by atoms with Gasteiger partial charge in [-0.25, -0.2) is 9.97 Å². The number of nitrogens with zero attached hydrogens (tertiary/aromatic N) is 5. The van der Waals surface area contributed by atoms with Gasteiger partial charge in [0.1, 0.15) is 17.2 Å². The number of hydrogen-bond donors (Lipinski definition) is 1. The van der Waals surface area contributed by atoms with Crippen LogP contribution >= 0.6 is 0 Å². The summed E-state index contributed by atoms with van der Waals surface area (Å²) < 4.78 is 2.14. The van der Waals surface area contributed by atoms with Gasteiger partial charge in [0.15, 0.2) is 0 Å². The molecule has 3 heterocycles. The standard InChI is InChI=1S/C16H24N6.C2H6/c1-11-14-15(17)18-3-4-22(14)16(19-11)12-9-13(10-12)21-7-5-20(2)6-8-21;1-2/h3-4,12-13H,5-10H2,1-2H3,(H2,17,18);1-2H3. The lowest BCUT2D eigenvalue weighted by atomic mass is 9.78. The monoisotopic (exact) mass is 330 g/mol. The number of piperazine rings is 1. The molecule has 0 spiro atoms. The van der Waals surface area contributed by atoms with E-state index in [0.717, 1.165) is 23.1 Å². The van der Waals surface area contributed by atoms with Crippen molar-refractivity contribution in [3.05, 3.63) is 23.9 Å². The van der Waals surface area contributed by atoms with Crippen molar-refractivity contribution < 1.29 is 0 Å². The molecule has 1 saturated heterocycles. The van der Waals surface area contributed by atoms with E-state index in [4.69, 9.17) is 10.7 Å². The molecule has 2 aromatic rings. The highest BCUT2D eigenvalue weighted by molar-refractivity contribution is 5.68. The number of aromatic nitrogens is 3. The lowest BCUT2D eigenvalue weighted by Gasteiger charge is -2.45. The second kappa shape index (κ2) is 7.07. The normalized spacial score (nSPS) is 25.2. The molecule has 0 bridgehead atoms. The summed E-state index contributed by atoms with van der Waals surface area (Å²) in [5, 5.41) is 0. The fourth-order valence-electron chi connectivity index (χ4n) is 3.84. The van der Waals surface area contributed by atoms with E-state index in [0.29, 0.717) is 11.7 Å². The summed E-state index contributed by atoms with van der Waals surface area (Å²) in [7, 11) is 2.21. The van der Waals surface area contributed by atoms with Gasteiger partial charge < -0.3 is 10.6 Å². The van der Waals surface area contributed by atoms with E-state index >= 15 is 0 Å². The number of anilines is 1. The number of likely N-dealkylation sites (N-methyl/N-ethyl adjacent to an activating group) is 1. The SMILES string of the molecule is CC.Cc1nc(C2CC(N3CCN(C)CC3)C2)n2ccnc(N)c12. The number of imidazole rings is 1. The molecule has 132 valence electrons. The summed E-state index contributed by atoms with van der Waals surface area (Å²) in [6.45, 7) is 10.8. The molecule has 6 nitrogen and oxygen atoms in total. The summed E-state index contributed by atoms with van der Waals surface area (Å²) in [5.74, 6) is 2.29. The summed E-state index contributed by atoms with van der Waals surface area (Å²) in [6.07, 6.45) is 6.18. The molecule has 0 amide bonds. The third-order valence-electron chi connectivity index (χ3n) is 5.32. The molecule has 0 radical (unpaired) electrons. The lowest BCUT2D eigenvalue weighted by Crippen LogP contribution is -2.52. The Morgan fingerprint density at radius 3 is 2.46 bits per heavy atom. The third-order valence-corrected chi connectivity index (χ3v) is 5.32. The Bertz CT molecular complexity index is 680. The molecular weight excluding hydrogens is 300 g/mol. The second-order valence-electron chi connectivity index (χ2n) is 6.75. The predicted octanol–water partition coefficient (Wildman–Crippen LogP) is 2.14. The van der Waals surface area contributed by atoms with Crippen LogP contribution in [0.4, 0.5) is 5.82 Å². The zero-order valence-corrected chi connectivity index (χ0v) is 15.4. The maximum absolute atomic E-state index is 6.00. The minimum absolute atomic E-state index is 0.549. The first-order valence-corrected chi connectivity index (χ1v) is 9.15. The molecule has 0 aromatic carbocycles. The molecule has 2 aliphatic rings. The molecule has 2 aromatic heterocycles. The quantitative estimate of drug-likeness (QED) is 0.914. The van der Waals surface area contributed by atoms with E-state index < -0.39 is 0 Å². The van der Waals surface area contributed by atoms with Crippen molar-refractivity contribution in [1.82, 2.24) is 24.2 Å². The fourth-order valence-corrected chi connectivity index (χ4v) is 3.84. The van der Waals surface area contributed by atoms with Crippen LogP contribution in [0.5, 0.6) is 0 Å². The molecule has 4 rings (SSSR count). The summed E-state index contributed by atoms with van der Waals surface area (Å²) in [5.41, 5.74) is 7.96. The van der Waals surface area contributed by atoms with Crippen LogP contribution in [0.3, 0.4) is 0 Å². The molecule has 6 heteroatoms. The van der Waals surface area contributed by atoms with Gasteiger partial charge in [-0.2, -0.15) is 0 Å². The average Bonchev–Trinajstić information content (AvgIpc) is 2.88. The van der Waals surface area contributed by atoms with Crippen molar-refractivity contribution in [2.75, 3.05) is 39.0 Å². The van der Waals surface area contributed by atoms with E-state index in [1.807, 2.05) is 27.0 Å². The lowest BCUT2D eigenvalue weighted by molar-refractivity contribution is 0.0586. The van der Waals surface area contributed by atoms with Gasteiger partial charge in [0.05, 0.1) is 5.69 Å². The van der Waals surface area contributed by atoms with Gasteiger partial charge in [0.2, 0.25) is 0 Å². The molecule has 0 atom stereocenters. The summed E-state index contributed by atoms with van der Waals surface area (Å²) in [6, 6.07) is 0.727. The Hall–Kier alpha value is -1.66. The molecule has 1 aliphatic heterocycles. The highest BCUT2D eigenvalue weighted by Gasteiger charge is 2.37. The van der Waals surface area contributed by atoms with Crippen molar-refractivity contribution in [1.29, 1.82) is 0 Å². The van der Waals surface area contributed by atoms with Gasteiger partial charge in [-0.1, -0.05) is 13.8 Å². The van der Waals surface area contributed by atoms with Crippen LogP contribution in [0.1, 0.15) is 44.1 Å². The van der Waals surface area contributed by atoms with E-state index in [-0.39, 0.29) is 0 Å². The number of nitrogens with two attached hydrogens (primary N) is 1. The molecule has 0 unspecified atom stereocenters. The van der Waals surface area contributed by atoms with Crippen molar-refractivity contribution in [2.24, 2.45) is 0 Å². The largest absolute Gasteiger partial charge is 0.382 e. The first-order chi connectivity index (χ1) is 11.6. The average molecular weight is 330 g/mol. The Balaban J connectivity index is 0.000000815. The van der Waals surface area contributed by atoms with Crippen molar-refractivity contribution in [3.8, 4) is 0 Å². The van der Waals surface area contributed by atoms with Crippen LogP contribution in [0.25, 0.3) is 5.52 Å². The third kappa shape index (κ3) is 3.00. The van der Waals surface area contributed by atoms with E-state index in [9.17, 15) is 0 Å². The Morgan fingerprint density at radius 1 is 1.12 bits per heavy atom. The van der Waals surface area contributed by atoms with Crippen molar-refractivity contribution in [3.63, 3.8) is 0 Å². The Labute approximate surface area is 144 Å². The first-order valence-electron chi connectivity index (χ1n) is 9.15. The molecular formula is C18H30N6. The Kier molecular flexibility index (Phi) is 5.06. The van der Waals surface area contributed by atoms with Gasteiger partial charge in [-0.3, -0.25) is 9.30 Å². The van der Waals surface area contributed by atoms with Crippen LogP contribution in [-0.4, -0.2) is 63.4 Å². The van der Waals surface area contributed by atoms with Crippen molar-refractivity contribution in [2.45, 2.75) is 45.6 Å². The van der Waals surface area contributed by atoms with Gasteiger partial charge in [0, 0.05) is 50.5 Å². The van der Waals surface area contributed by atoms with Gasteiger partial charge in [-0.05, 0) is 26.8 Å². The predicted molar refractivity (Wildman–Crippen MR) is 98.3 cm³/mol. The smallest absolute Gasteiger partial charge is 0.149 e. The highest BCUT2D eigenvalue weighted by Crippen LogP contribution is 2.40. The molecule has 2 N–H and O–H groups in total. The van der Waals surface area contributed by atoms with E-state index in [1.165, 1.54) is 39.0 Å². The van der Waals surface area contributed by atoms with Crippen LogP contribution in [0.2, 0.25) is 0 Å². The molecule has 1 saturated carbocycles. The van der Waals surface area contributed by atoms with Gasteiger partial charge >= 0.3 is 0 Å². The topological polar surface area (TPSA) is 62.7 Å². The van der Waals surface area contributed by atoms with Gasteiger partial charge in [-0.15, -0.1) is 0 Å². The van der Waals surface area contributed by atoms with Crippen molar-refractivity contribution >= 4 is 11.3 Å². The minimum atomic E-state index is 0.549. The molecule has 1 aliphatic carbocycles. The summed E-state index contributed by atoms with van der Waals surface area (Å²) in [4.78, 5) is 14.0. The van der Waals surface area contributed by atoms with Gasteiger partial charge in [0.25, 0.3) is 0 Å². The zero-order valence-electron chi connectivity index (χ0n) is 15.4. The zero-order chi connectivity index (χ0) is 17.3. The van der Waals surface area contributed by atoms with Crippen LogP contribution in [-0.2, 0) is 0 Å². The number of rotatable bonds is 2. The van der Waals surface area contributed by atoms with Crippen LogP contribution < -0.4 is 5.73 Å². The van der Waals surface area contributed by atoms with E-state index in [2.05, 4.69) is 26.2 Å². The fraction of sp³-hybridized carbons (Fsp3) is 0.667. The summed E-state index contributed by atoms with van der Waals surface area (Å²) >= 11 is 0. The number of aryl methyl sites for hydroxylation is 1. The van der Waals surface area contributed by atoms with Crippen LogP contribution in [0.15, 0.2) is 12.4 Å². The minimum Gasteiger partial charge on any atom is -0.382 e. The van der Waals surface area contributed by atoms with Crippen LogP contribution in [0, 0.1) is 6.92 Å². The number of fused-ring (bicyclic) bond motifs is 1. The second-order valence-corrected chi connectivity index (χ2v) is 6.75. The maximum Gasteiger partial charge on any atom is 0.149 e. The number of nitrogen functional groups attached to an aromatic ring is 1. The highest BCUT2D eigenvalue weighted by atomic mass is 15.3. The van der Waals surface area contributed by atoms with E-state index in [1.54, 1.807) is 6.20 Å². The maximum atomic E-state index is 6.00. The Morgan fingerprint density at radius 2 is 1.79 bits per heavy atom. The molecule has 24 heavy (non-hydrogen) atoms. The molecule has 2 fully saturated rings. The number of hydrogen-bond acceptors (Lipinski definition) is 5.